The summed E-state index contributed by atoms with van der Waals surface area (Å²) in [7, 11) is 0. The van der Waals surface area contributed by atoms with Crippen molar-refractivity contribution in [3.63, 3.8) is 0 Å². The first-order chi connectivity index (χ1) is 15.9. The minimum Gasteiger partial charge on any atom is -0.504 e. The van der Waals surface area contributed by atoms with Crippen LogP contribution in [-0.4, -0.2) is 30.1 Å². The Hall–Kier alpha value is -2.96. The van der Waals surface area contributed by atoms with Gasteiger partial charge in [-0.2, -0.15) is 4.39 Å². The lowest BCUT2D eigenvalue weighted by Crippen LogP contribution is -2.25. The molecule has 1 aliphatic carbocycles. The highest BCUT2D eigenvalue weighted by molar-refractivity contribution is 6.00. The van der Waals surface area contributed by atoms with Crippen molar-refractivity contribution in [1.82, 2.24) is 0 Å². The quantitative estimate of drug-likeness (QED) is 0.275. The van der Waals surface area contributed by atoms with Crippen LogP contribution in [0.15, 0.2) is 36.4 Å². The van der Waals surface area contributed by atoms with Gasteiger partial charge >= 0.3 is 5.97 Å². The Labute approximate surface area is 192 Å². The molecule has 1 fully saturated rings. The number of carbonyl (C=O) groups excluding carboxylic acids is 2. The van der Waals surface area contributed by atoms with Gasteiger partial charge in [0.15, 0.2) is 17.3 Å². The van der Waals surface area contributed by atoms with Crippen molar-refractivity contribution < 1.29 is 33.0 Å². The second kappa shape index (κ2) is 11.8. The van der Waals surface area contributed by atoms with Crippen LogP contribution >= 0.6 is 0 Å². The molecule has 178 valence electrons. The van der Waals surface area contributed by atoms with E-state index >= 15 is 0 Å². The van der Waals surface area contributed by atoms with E-state index in [0.29, 0.717) is 23.7 Å². The number of aromatic hydroxyl groups is 1. The van der Waals surface area contributed by atoms with Gasteiger partial charge in [0.2, 0.25) is 5.82 Å². The van der Waals surface area contributed by atoms with Gasteiger partial charge in [0.1, 0.15) is 5.75 Å². The van der Waals surface area contributed by atoms with Gasteiger partial charge in [0.05, 0.1) is 24.8 Å². The third kappa shape index (κ3) is 6.53. The zero-order valence-electron chi connectivity index (χ0n) is 18.8. The predicted molar refractivity (Wildman–Crippen MR) is 120 cm³/mol. The summed E-state index contributed by atoms with van der Waals surface area (Å²) in [5.74, 6) is -1.76. The predicted octanol–water partition coefficient (Wildman–Crippen LogP) is 5.82. The number of Topliss-reactive ketones (excluding diaryl/α,β-unsaturated/α-hetero) is 1. The Kier molecular flexibility index (Phi) is 8.80. The van der Waals surface area contributed by atoms with Crippen LogP contribution in [0.25, 0.3) is 0 Å². The topological polar surface area (TPSA) is 72.8 Å². The monoisotopic (exact) mass is 460 g/mol. The van der Waals surface area contributed by atoms with Crippen LogP contribution in [0.5, 0.6) is 17.2 Å². The summed E-state index contributed by atoms with van der Waals surface area (Å²) in [6.45, 7) is 1.64. The first kappa shape index (κ1) is 24.7. The van der Waals surface area contributed by atoms with Crippen molar-refractivity contribution in [2.75, 3.05) is 13.3 Å². The van der Waals surface area contributed by atoms with Gasteiger partial charge < -0.3 is 14.6 Å². The molecule has 0 atom stereocenters. The van der Waals surface area contributed by atoms with Gasteiger partial charge in [0.25, 0.3) is 0 Å². The number of phenolic OH excluding ortho intramolecular Hbond substituents is 1. The van der Waals surface area contributed by atoms with E-state index in [1.54, 1.807) is 31.2 Å². The highest BCUT2D eigenvalue weighted by Crippen LogP contribution is 2.33. The van der Waals surface area contributed by atoms with Gasteiger partial charge in [-0.3, -0.25) is 14.0 Å². The number of esters is 1. The Bertz CT molecular complexity index is 950. The lowest BCUT2D eigenvalue weighted by atomic mass is 9.80. The largest absolute Gasteiger partial charge is 0.504 e. The summed E-state index contributed by atoms with van der Waals surface area (Å²) in [6.07, 6.45) is 4.76. The fraction of sp³-hybridized carbons (Fsp3) is 0.462. The van der Waals surface area contributed by atoms with Gasteiger partial charge in [-0.1, -0.05) is 12.1 Å². The molecule has 5 nitrogen and oxygen atoms in total. The van der Waals surface area contributed by atoms with E-state index in [1.807, 2.05) is 0 Å². The molecule has 2 aromatic carbocycles. The molecule has 0 aliphatic heterocycles. The number of ether oxygens (including phenoxy) is 2. The second-order valence-electron chi connectivity index (χ2n) is 8.42. The van der Waals surface area contributed by atoms with E-state index in [4.69, 9.17) is 9.47 Å². The highest BCUT2D eigenvalue weighted by atomic mass is 19.1. The molecule has 7 heteroatoms. The van der Waals surface area contributed by atoms with Gasteiger partial charge in [0, 0.05) is 6.42 Å². The van der Waals surface area contributed by atoms with Crippen LogP contribution in [0, 0.1) is 17.7 Å². The number of rotatable bonds is 10. The van der Waals surface area contributed by atoms with E-state index in [0.717, 1.165) is 32.1 Å². The fourth-order valence-corrected chi connectivity index (χ4v) is 4.25. The smallest absolute Gasteiger partial charge is 0.314 e. The Morgan fingerprint density at radius 1 is 1.06 bits per heavy atom. The third-order valence-electron chi connectivity index (χ3n) is 6.11. The fourth-order valence-electron chi connectivity index (χ4n) is 4.25. The first-order valence-corrected chi connectivity index (χ1v) is 11.5. The van der Waals surface area contributed by atoms with Crippen molar-refractivity contribution in [3.8, 4) is 17.2 Å². The number of halogens is 2. The Balaban J connectivity index is 1.54. The van der Waals surface area contributed by atoms with E-state index in [9.17, 15) is 23.5 Å². The summed E-state index contributed by atoms with van der Waals surface area (Å²) in [6, 6.07) is 9.22. The Morgan fingerprint density at radius 2 is 1.76 bits per heavy atom. The minimum absolute atomic E-state index is 0.0436. The molecule has 0 unspecified atom stereocenters. The van der Waals surface area contributed by atoms with Crippen LogP contribution in [-0.2, 0) is 11.2 Å². The summed E-state index contributed by atoms with van der Waals surface area (Å²) in [4.78, 5) is 25.0. The average Bonchev–Trinajstić information content (AvgIpc) is 2.82. The molecule has 0 aromatic heterocycles. The second-order valence-corrected chi connectivity index (χ2v) is 8.42. The minimum atomic E-state index is -0.957. The van der Waals surface area contributed by atoms with Crippen LogP contribution in [0.3, 0.4) is 0 Å². The lowest BCUT2D eigenvalue weighted by Gasteiger charge is -2.26. The number of hydrogen-bond donors (Lipinski definition) is 1. The van der Waals surface area contributed by atoms with E-state index in [1.165, 1.54) is 12.1 Å². The molecule has 0 bridgehead atoms. The number of ketones is 1. The molecule has 0 spiro atoms. The molecule has 0 heterocycles. The van der Waals surface area contributed by atoms with Crippen molar-refractivity contribution in [2.24, 2.45) is 11.8 Å². The molecule has 0 radical (unpaired) electrons. The maximum Gasteiger partial charge on any atom is 0.314 e. The zero-order chi connectivity index (χ0) is 23.8. The summed E-state index contributed by atoms with van der Waals surface area (Å²) < 4.78 is 37.1. The van der Waals surface area contributed by atoms with Crippen LogP contribution < -0.4 is 9.47 Å². The normalized spacial score (nSPS) is 18.0. The lowest BCUT2D eigenvalue weighted by molar-refractivity contribution is -0.140. The average molecular weight is 461 g/mol. The van der Waals surface area contributed by atoms with E-state index in [-0.39, 0.29) is 42.9 Å². The molecule has 1 N–H and O–H groups in total. The number of hydrogen-bond acceptors (Lipinski definition) is 5. The Morgan fingerprint density at radius 3 is 2.39 bits per heavy atom. The third-order valence-corrected chi connectivity index (χ3v) is 6.11. The molecule has 0 amide bonds. The standard InChI is InChI=1S/C26H30F2O5/c1-2-32-23-14-13-21(25(30)24(23)28)22(29)16-18-7-11-20(12-8-18)33-26(31)19-9-5-17(6-10-19)4-3-15-27/h7-8,11-14,17,19,30H,2-6,9-10,15-16H2,1H3. The van der Waals surface area contributed by atoms with Gasteiger partial charge in [-0.25, -0.2) is 0 Å². The van der Waals surface area contributed by atoms with Crippen molar-refractivity contribution >= 4 is 11.8 Å². The molecule has 3 rings (SSSR count). The summed E-state index contributed by atoms with van der Waals surface area (Å²) >= 11 is 0. The van der Waals surface area contributed by atoms with Crippen LogP contribution in [0.1, 0.15) is 61.4 Å². The van der Waals surface area contributed by atoms with Gasteiger partial charge in [-0.05, 0) is 81.2 Å². The van der Waals surface area contributed by atoms with E-state index < -0.39 is 17.3 Å². The maximum atomic E-state index is 14.2. The van der Waals surface area contributed by atoms with Crippen molar-refractivity contribution in [2.45, 2.75) is 51.9 Å². The maximum absolute atomic E-state index is 14.2. The number of alkyl halides is 1. The number of benzene rings is 2. The summed E-state index contributed by atoms with van der Waals surface area (Å²) in [5, 5.41) is 10.0. The number of carbonyl (C=O) groups is 2. The molecule has 33 heavy (non-hydrogen) atoms. The first-order valence-electron chi connectivity index (χ1n) is 11.5. The highest BCUT2D eigenvalue weighted by Gasteiger charge is 2.27. The van der Waals surface area contributed by atoms with Crippen molar-refractivity contribution in [1.29, 1.82) is 0 Å². The number of phenols is 1. The molecular weight excluding hydrogens is 430 g/mol. The van der Waals surface area contributed by atoms with Crippen molar-refractivity contribution in [3.05, 3.63) is 53.3 Å². The molecule has 2 aromatic rings. The summed E-state index contributed by atoms with van der Waals surface area (Å²) in [5.41, 5.74) is 0.524. The van der Waals surface area contributed by atoms with Crippen LogP contribution in [0.2, 0.25) is 0 Å². The zero-order valence-corrected chi connectivity index (χ0v) is 18.8. The molecule has 1 aliphatic rings. The SMILES string of the molecule is CCOc1ccc(C(=O)Cc2ccc(OC(=O)C3CCC(CCCF)CC3)cc2)c(O)c1F. The van der Waals surface area contributed by atoms with Gasteiger partial charge in [-0.15, -0.1) is 0 Å². The van der Waals surface area contributed by atoms with Crippen LogP contribution in [0.4, 0.5) is 8.78 Å². The molecule has 1 saturated carbocycles. The molecular formula is C26H30F2O5. The van der Waals surface area contributed by atoms with E-state index in [2.05, 4.69) is 0 Å². The molecule has 0 saturated heterocycles.